The Kier molecular flexibility index (Phi) is 4.17. The van der Waals surface area contributed by atoms with E-state index in [1.807, 2.05) is 6.07 Å². The Morgan fingerprint density at radius 1 is 1.53 bits per heavy atom. The molecule has 17 heavy (non-hydrogen) atoms. The first-order chi connectivity index (χ1) is 8.10. The van der Waals surface area contributed by atoms with Crippen LogP contribution in [0.25, 0.3) is 0 Å². The maximum Gasteiger partial charge on any atom is 0.124 e. The molecule has 0 aromatic heterocycles. The van der Waals surface area contributed by atoms with Crippen LogP contribution < -0.4 is 5.73 Å². The van der Waals surface area contributed by atoms with Gasteiger partial charge in [0.25, 0.3) is 0 Å². The van der Waals surface area contributed by atoms with Gasteiger partial charge in [-0.1, -0.05) is 22.0 Å². The number of benzene rings is 1. The Labute approximate surface area is 110 Å². The van der Waals surface area contributed by atoms with Gasteiger partial charge in [0, 0.05) is 23.6 Å². The summed E-state index contributed by atoms with van der Waals surface area (Å²) in [5.74, 6) is 0.402. The zero-order chi connectivity index (χ0) is 12.4. The van der Waals surface area contributed by atoms with Crippen LogP contribution in [0, 0.1) is 11.7 Å². The van der Waals surface area contributed by atoms with Gasteiger partial charge >= 0.3 is 0 Å². The fraction of sp³-hybridized carbons (Fsp3) is 0.538. The summed E-state index contributed by atoms with van der Waals surface area (Å²) in [4.78, 5) is 2.41. The van der Waals surface area contributed by atoms with E-state index in [0.29, 0.717) is 12.0 Å². The summed E-state index contributed by atoms with van der Waals surface area (Å²) in [5.41, 5.74) is 6.85. The summed E-state index contributed by atoms with van der Waals surface area (Å²) < 4.78 is 13.8. The molecule has 1 aromatic rings. The van der Waals surface area contributed by atoms with Crippen LogP contribution in [-0.4, -0.2) is 24.0 Å². The SMILES string of the molecule is CC1CC(CN)CN1Cc1ccc(F)cc1Br. The third-order valence-corrected chi connectivity index (χ3v) is 4.25. The zero-order valence-electron chi connectivity index (χ0n) is 10.00. The number of rotatable bonds is 3. The first-order valence-corrected chi connectivity index (χ1v) is 6.77. The molecule has 0 aliphatic carbocycles. The second kappa shape index (κ2) is 5.46. The summed E-state index contributed by atoms with van der Waals surface area (Å²) in [6.07, 6.45) is 1.16. The molecule has 1 aliphatic heterocycles. The van der Waals surface area contributed by atoms with Gasteiger partial charge in [-0.3, -0.25) is 4.90 Å². The van der Waals surface area contributed by atoms with E-state index in [4.69, 9.17) is 5.73 Å². The van der Waals surface area contributed by atoms with E-state index >= 15 is 0 Å². The van der Waals surface area contributed by atoms with Crippen LogP contribution in [0.4, 0.5) is 4.39 Å². The quantitative estimate of drug-likeness (QED) is 0.930. The van der Waals surface area contributed by atoms with Crippen molar-refractivity contribution in [3.05, 3.63) is 34.1 Å². The standard InChI is InChI=1S/C13H18BrFN2/c1-9-4-10(6-16)7-17(9)8-11-2-3-12(15)5-13(11)14/h2-3,5,9-10H,4,6-8,16H2,1H3. The zero-order valence-corrected chi connectivity index (χ0v) is 11.6. The number of halogens is 2. The molecule has 2 rings (SSSR count). The van der Waals surface area contributed by atoms with Crippen molar-refractivity contribution in [1.29, 1.82) is 0 Å². The summed E-state index contributed by atoms with van der Waals surface area (Å²) in [6, 6.07) is 5.44. The third kappa shape index (κ3) is 3.06. The van der Waals surface area contributed by atoms with E-state index in [-0.39, 0.29) is 5.82 Å². The normalized spacial score (nSPS) is 25.4. The predicted molar refractivity (Wildman–Crippen MR) is 71.1 cm³/mol. The van der Waals surface area contributed by atoms with Gasteiger partial charge in [0.2, 0.25) is 0 Å². The van der Waals surface area contributed by atoms with Crippen LogP contribution in [0.1, 0.15) is 18.9 Å². The van der Waals surface area contributed by atoms with Crippen LogP contribution in [-0.2, 0) is 6.54 Å². The molecule has 0 radical (unpaired) electrons. The topological polar surface area (TPSA) is 29.3 Å². The molecule has 2 nitrogen and oxygen atoms in total. The molecule has 1 aromatic carbocycles. The monoisotopic (exact) mass is 300 g/mol. The lowest BCUT2D eigenvalue weighted by Crippen LogP contribution is -2.27. The number of nitrogens with zero attached hydrogens (tertiary/aromatic N) is 1. The molecular formula is C13H18BrFN2. The molecule has 2 atom stereocenters. The van der Waals surface area contributed by atoms with Crippen molar-refractivity contribution < 1.29 is 4.39 Å². The highest BCUT2D eigenvalue weighted by molar-refractivity contribution is 9.10. The van der Waals surface area contributed by atoms with Crippen molar-refractivity contribution in [2.24, 2.45) is 11.7 Å². The summed E-state index contributed by atoms with van der Waals surface area (Å²) >= 11 is 3.42. The molecule has 0 spiro atoms. The number of nitrogens with two attached hydrogens (primary N) is 1. The van der Waals surface area contributed by atoms with Crippen molar-refractivity contribution in [3.63, 3.8) is 0 Å². The first-order valence-electron chi connectivity index (χ1n) is 5.98. The molecule has 0 amide bonds. The van der Waals surface area contributed by atoms with Gasteiger partial charge < -0.3 is 5.73 Å². The first kappa shape index (κ1) is 13.0. The molecular weight excluding hydrogens is 283 g/mol. The van der Waals surface area contributed by atoms with Gasteiger partial charge in [-0.2, -0.15) is 0 Å². The molecule has 2 unspecified atom stereocenters. The van der Waals surface area contributed by atoms with Gasteiger partial charge in [0.05, 0.1) is 0 Å². The van der Waals surface area contributed by atoms with Gasteiger partial charge in [0.15, 0.2) is 0 Å². The molecule has 94 valence electrons. The van der Waals surface area contributed by atoms with Crippen molar-refractivity contribution in [1.82, 2.24) is 4.90 Å². The fourth-order valence-corrected chi connectivity index (χ4v) is 2.95. The highest BCUT2D eigenvalue weighted by Crippen LogP contribution is 2.26. The minimum atomic E-state index is -0.199. The average molecular weight is 301 g/mol. The molecule has 1 aliphatic rings. The highest BCUT2D eigenvalue weighted by atomic mass is 79.9. The van der Waals surface area contributed by atoms with E-state index in [0.717, 1.165) is 36.1 Å². The Bertz CT molecular complexity index is 397. The third-order valence-electron chi connectivity index (χ3n) is 3.51. The van der Waals surface area contributed by atoms with E-state index in [2.05, 4.69) is 27.8 Å². The van der Waals surface area contributed by atoms with Gasteiger partial charge in [-0.15, -0.1) is 0 Å². The van der Waals surface area contributed by atoms with Crippen LogP contribution in [0.15, 0.2) is 22.7 Å². The highest BCUT2D eigenvalue weighted by Gasteiger charge is 2.28. The maximum atomic E-state index is 13.0. The molecule has 4 heteroatoms. The van der Waals surface area contributed by atoms with Gasteiger partial charge in [0.1, 0.15) is 5.82 Å². The van der Waals surface area contributed by atoms with E-state index < -0.39 is 0 Å². The second-order valence-corrected chi connectivity index (χ2v) is 5.71. The minimum Gasteiger partial charge on any atom is -0.330 e. The van der Waals surface area contributed by atoms with Crippen molar-refractivity contribution >= 4 is 15.9 Å². The Morgan fingerprint density at radius 3 is 2.88 bits per heavy atom. The van der Waals surface area contributed by atoms with Crippen LogP contribution in [0.2, 0.25) is 0 Å². The van der Waals surface area contributed by atoms with Crippen LogP contribution in [0.5, 0.6) is 0 Å². The number of hydrogen-bond donors (Lipinski definition) is 1. The summed E-state index contributed by atoms with van der Waals surface area (Å²) in [6.45, 7) is 4.89. The summed E-state index contributed by atoms with van der Waals surface area (Å²) in [5, 5.41) is 0. The molecule has 1 saturated heterocycles. The van der Waals surface area contributed by atoms with Crippen molar-refractivity contribution in [3.8, 4) is 0 Å². The van der Waals surface area contributed by atoms with Crippen LogP contribution in [0.3, 0.4) is 0 Å². The van der Waals surface area contributed by atoms with Crippen molar-refractivity contribution in [2.75, 3.05) is 13.1 Å². The Hall–Kier alpha value is -0.450. The lowest BCUT2D eigenvalue weighted by molar-refractivity contribution is 0.255. The smallest absolute Gasteiger partial charge is 0.124 e. The van der Waals surface area contributed by atoms with E-state index in [9.17, 15) is 4.39 Å². The van der Waals surface area contributed by atoms with Crippen LogP contribution >= 0.6 is 15.9 Å². The Balaban J connectivity index is 2.06. The fourth-order valence-electron chi connectivity index (χ4n) is 2.48. The Morgan fingerprint density at radius 2 is 2.29 bits per heavy atom. The molecule has 1 fully saturated rings. The van der Waals surface area contributed by atoms with Gasteiger partial charge in [-0.25, -0.2) is 4.39 Å². The van der Waals surface area contributed by atoms with Gasteiger partial charge in [-0.05, 0) is 43.5 Å². The van der Waals surface area contributed by atoms with E-state index in [1.165, 1.54) is 12.1 Å². The lowest BCUT2D eigenvalue weighted by atomic mass is 10.1. The second-order valence-electron chi connectivity index (χ2n) is 4.85. The molecule has 0 bridgehead atoms. The number of likely N-dealkylation sites (tertiary alicyclic amines) is 1. The predicted octanol–water partition coefficient (Wildman–Crippen LogP) is 2.76. The molecule has 1 heterocycles. The van der Waals surface area contributed by atoms with E-state index in [1.54, 1.807) is 0 Å². The summed E-state index contributed by atoms with van der Waals surface area (Å²) in [7, 11) is 0. The lowest BCUT2D eigenvalue weighted by Gasteiger charge is -2.21. The van der Waals surface area contributed by atoms with Crippen molar-refractivity contribution in [2.45, 2.75) is 25.9 Å². The average Bonchev–Trinajstić information content (AvgIpc) is 2.64. The largest absolute Gasteiger partial charge is 0.330 e. The molecule has 2 N–H and O–H groups in total. The maximum absolute atomic E-state index is 13.0. The minimum absolute atomic E-state index is 0.199. The molecule has 0 saturated carbocycles. The number of hydrogen-bond acceptors (Lipinski definition) is 2.